The van der Waals surface area contributed by atoms with Gasteiger partial charge in [0.05, 0.1) is 22.9 Å². The van der Waals surface area contributed by atoms with Gasteiger partial charge in [-0.2, -0.15) is 5.10 Å². The highest BCUT2D eigenvalue weighted by atomic mass is 32.1. The monoisotopic (exact) mass is 194 g/mol. The Morgan fingerprint density at radius 3 is 3.00 bits per heavy atom. The van der Waals surface area contributed by atoms with E-state index in [0.717, 1.165) is 16.3 Å². The number of aromatic amines is 1. The summed E-state index contributed by atoms with van der Waals surface area (Å²) in [6.07, 6.45) is 3.51. The lowest BCUT2D eigenvalue weighted by Crippen LogP contribution is -2.11. The molecule has 4 nitrogen and oxygen atoms in total. The van der Waals surface area contributed by atoms with Gasteiger partial charge >= 0.3 is 0 Å². The van der Waals surface area contributed by atoms with Gasteiger partial charge in [0, 0.05) is 17.1 Å². The minimum absolute atomic E-state index is 0.163. The van der Waals surface area contributed by atoms with Crippen LogP contribution in [0.15, 0.2) is 17.8 Å². The minimum Gasteiger partial charge on any atom is -0.319 e. The Hall–Kier alpha value is -1.20. The first-order valence-electron chi connectivity index (χ1n) is 3.93. The smallest absolute Gasteiger partial charge is 0.0898 e. The van der Waals surface area contributed by atoms with Crippen LogP contribution >= 0.6 is 11.3 Å². The lowest BCUT2D eigenvalue weighted by molar-refractivity contribution is 0.835. The molecule has 2 aromatic rings. The maximum atomic E-state index is 5.96. The predicted molar refractivity (Wildman–Crippen MR) is 51.5 cm³/mol. The fourth-order valence-corrected chi connectivity index (χ4v) is 1.77. The van der Waals surface area contributed by atoms with Gasteiger partial charge in [0.2, 0.25) is 0 Å². The number of nitrogens with two attached hydrogens (primary N) is 1. The summed E-state index contributed by atoms with van der Waals surface area (Å²) in [6, 6.07) is -0.163. The molecule has 2 rings (SSSR count). The molecule has 0 amide bonds. The van der Waals surface area contributed by atoms with E-state index in [4.69, 9.17) is 5.73 Å². The molecule has 2 heterocycles. The SMILES string of the molecule is Cc1nc(C(N)c2cn[nH]c2)cs1. The quantitative estimate of drug-likeness (QED) is 0.755. The van der Waals surface area contributed by atoms with E-state index in [9.17, 15) is 0 Å². The van der Waals surface area contributed by atoms with Crippen LogP contribution in [-0.2, 0) is 0 Å². The van der Waals surface area contributed by atoms with Crippen molar-refractivity contribution in [1.82, 2.24) is 15.2 Å². The molecule has 1 unspecified atom stereocenters. The van der Waals surface area contributed by atoms with Gasteiger partial charge < -0.3 is 5.73 Å². The zero-order chi connectivity index (χ0) is 9.26. The van der Waals surface area contributed by atoms with Crippen LogP contribution in [0, 0.1) is 6.92 Å². The Morgan fingerprint density at radius 1 is 1.62 bits per heavy atom. The van der Waals surface area contributed by atoms with E-state index < -0.39 is 0 Å². The zero-order valence-electron chi connectivity index (χ0n) is 7.19. The van der Waals surface area contributed by atoms with Gasteiger partial charge in [0.25, 0.3) is 0 Å². The lowest BCUT2D eigenvalue weighted by atomic mass is 10.1. The molecular formula is C8H10N4S. The number of nitrogens with one attached hydrogen (secondary N) is 1. The van der Waals surface area contributed by atoms with Crippen molar-refractivity contribution in [1.29, 1.82) is 0 Å². The molecule has 0 radical (unpaired) electrons. The van der Waals surface area contributed by atoms with Crippen LogP contribution in [0.5, 0.6) is 0 Å². The van der Waals surface area contributed by atoms with Gasteiger partial charge in [0.15, 0.2) is 0 Å². The van der Waals surface area contributed by atoms with Crippen molar-refractivity contribution in [3.8, 4) is 0 Å². The maximum Gasteiger partial charge on any atom is 0.0898 e. The van der Waals surface area contributed by atoms with E-state index in [2.05, 4.69) is 15.2 Å². The summed E-state index contributed by atoms with van der Waals surface area (Å²) in [5.74, 6) is 0. The first-order chi connectivity index (χ1) is 6.27. The summed E-state index contributed by atoms with van der Waals surface area (Å²) in [6.45, 7) is 1.97. The average Bonchev–Trinajstić information content (AvgIpc) is 2.72. The fourth-order valence-electron chi connectivity index (χ4n) is 1.12. The molecule has 0 spiro atoms. The van der Waals surface area contributed by atoms with Crippen molar-refractivity contribution >= 4 is 11.3 Å². The molecule has 0 fully saturated rings. The molecule has 0 aliphatic rings. The van der Waals surface area contributed by atoms with E-state index in [1.165, 1.54) is 0 Å². The Bertz CT molecular complexity index is 379. The Labute approximate surface area is 79.8 Å². The summed E-state index contributed by atoms with van der Waals surface area (Å²) in [5.41, 5.74) is 7.83. The summed E-state index contributed by atoms with van der Waals surface area (Å²) in [7, 11) is 0. The van der Waals surface area contributed by atoms with Crippen molar-refractivity contribution in [2.75, 3.05) is 0 Å². The third kappa shape index (κ3) is 1.61. The molecule has 13 heavy (non-hydrogen) atoms. The number of thiazole rings is 1. The Kier molecular flexibility index (Phi) is 2.12. The van der Waals surface area contributed by atoms with Gasteiger partial charge in [-0.05, 0) is 6.92 Å². The molecule has 0 aliphatic carbocycles. The van der Waals surface area contributed by atoms with E-state index in [1.807, 2.05) is 12.3 Å². The number of aromatic nitrogens is 3. The highest BCUT2D eigenvalue weighted by molar-refractivity contribution is 7.09. The standard InChI is InChI=1S/C8H10N4S/c1-5-12-7(4-13-5)8(9)6-2-10-11-3-6/h2-4,8H,9H2,1H3,(H,10,11). The number of hydrogen-bond acceptors (Lipinski definition) is 4. The summed E-state index contributed by atoms with van der Waals surface area (Å²) in [5, 5.41) is 9.59. The molecule has 68 valence electrons. The first kappa shape index (κ1) is 8.40. The molecule has 0 bridgehead atoms. The molecule has 0 aromatic carbocycles. The lowest BCUT2D eigenvalue weighted by Gasteiger charge is -2.04. The molecule has 5 heteroatoms. The highest BCUT2D eigenvalue weighted by Gasteiger charge is 2.12. The van der Waals surface area contributed by atoms with Crippen LogP contribution in [0.1, 0.15) is 22.3 Å². The third-order valence-electron chi connectivity index (χ3n) is 1.83. The Balaban J connectivity index is 2.28. The van der Waals surface area contributed by atoms with Gasteiger partial charge in [-0.25, -0.2) is 4.98 Å². The maximum absolute atomic E-state index is 5.96. The third-order valence-corrected chi connectivity index (χ3v) is 2.63. The van der Waals surface area contributed by atoms with Gasteiger partial charge in [0.1, 0.15) is 0 Å². The molecule has 0 aliphatic heterocycles. The van der Waals surface area contributed by atoms with Crippen LogP contribution in [-0.4, -0.2) is 15.2 Å². The number of aryl methyl sites for hydroxylation is 1. The number of H-pyrrole nitrogens is 1. The number of rotatable bonds is 2. The van der Waals surface area contributed by atoms with Crippen LogP contribution < -0.4 is 5.73 Å². The largest absolute Gasteiger partial charge is 0.319 e. The first-order valence-corrected chi connectivity index (χ1v) is 4.81. The molecular weight excluding hydrogens is 184 g/mol. The molecule has 0 saturated heterocycles. The zero-order valence-corrected chi connectivity index (χ0v) is 8.01. The molecule has 2 aromatic heterocycles. The normalized spacial score (nSPS) is 13.1. The topological polar surface area (TPSA) is 67.6 Å². The van der Waals surface area contributed by atoms with E-state index in [-0.39, 0.29) is 6.04 Å². The van der Waals surface area contributed by atoms with Crippen molar-refractivity contribution in [3.05, 3.63) is 34.0 Å². The second-order valence-electron chi connectivity index (χ2n) is 2.80. The second kappa shape index (κ2) is 3.27. The van der Waals surface area contributed by atoms with E-state index in [1.54, 1.807) is 23.7 Å². The molecule has 3 N–H and O–H groups in total. The Morgan fingerprint density at radius 2 is 2.46 bits per heavy atom. The van der Waals surface area contributed by atoms with Crippen molar-refractivity contribution in [2.45, 2.75) is 13.0 Å². The summed E-state index contributed by atoms with van der Waals surface area (Å²) >= 11 is 1.61. The van der Waals surface area contributed by atoms with Crippen LogP contribution in [0.3, 0.4) is 0 Å². The minimum atomic E-state index is -0.163. The molecule has 1 atom stereocenters. The highest BCUT2D eigenvalue weighted by Crippen LogP contribution is 2.19. The number of nitrogens with zero attached hydrogens (tertiary/aromatic N) is 2. The van der Waals surface area contributed by atoms with E-state index >= 15 is 0 Å². The van der Waals surface area contributed by atoms with Crippen LogP contribution in [0.25, 0.3) is 0 Å². The van der Waals surface area contributed by atoms with Crippen LogP contribution in [0.4, 0.5) is 0 Å². The summed E-state index contributed by atoms with van der Waals surface area (Å²) < 4.78 is 0. The van der Waals surface area contributed by atoms with Gasteiger partial charge in [-0.1, -0.05) is 0 Å². The van der Waals surface area contributed by atoms with E-state index in [0.29, 0.717) is 0 Å². The van der Waals surface area contributed by atoms with Crippen LogP contribution in [0.2, 0.25) is 0 Å². The van der Waals surface area contributed by atoms with Crippen molar-refractivity contribution in [3.63, 3.8) is 0 Å². The van der Waals surface area contributed by atoms with Gasteiger partial charge in [-0.15, -0.1) is 11.3 Å². The molecule has 0 saturated carbocycles. The second-order valence-corrected chi connectivity index (χ2v) is 3.86. The predicted octanol–water partition coefficient (Wildman–Crippen LogP) is 1.22. The fraction of sp³-hybridized carbons (Fsp3) is 0.250. The summed E-state index contributed by atoms with van der Waals surface area (Å²) in [4.78, 5) is 4.32. The number of hydrogen-bond donors (Lipinski definition) is 2. The van der Waals surface area contributed by atoms with Crippen molar-refractivity contribution in [2.24, 2.45) is 5.73 Å². The van der Waals surface area contributed by atoms with Crippen molar-refractivity contribution < 1.29 is 0 Å². The average molecular weight is 194 g/mol. The van der Waals surface area contributed by atoms with Gasteiger partial charge in [-0.3, -0.25) is 5.10 Å².